The van der Waals surface area contributed by atoms with Crippen LogP contribution in [0, 0.1) is 0 Å². The summed E-state index contributed by atoms with van der Waals surface area (Å²) in [6.45, 7) is 1.85. The molecule has 0 saturated carbocycles. The van der Waals surface area contributed by atoms with E-state index in [0.29, 0.717) is 0 Å². The van der Waals surface area contributed by atoms with Crippen LogP contribution in [0.1, 0.15) is 40.1 Å². The number of likely N-dealkylation sites (tertiary alicyclic amines) is 1. The van der Waals surface area contributed by atoms with Crippen LogP contribution in [0.15, 0.2) is 24.5 Å². The number of nitrogens with zero attached hydrogens (tertiary/aromatic N) is 2. The molecule has 2 aromatic rings. The molecule has 0 aromatic carbocycles. The highest BCUT2D eigenvalue weighted by molar-refractivity contribution is 7.15. The van der Waals surface area contributed by atoms with E-state index in [4.69, 9.17) is 0 Å². The molecule has 1 aliphatic heterocycles. The van der Waals surface area contributed by atoms with Crippen LogP contribution in [0.4, 0.5) is 0 Å². The zero-order chi connectivity index (χ0) is 13.5. The van der Waals surface area contributed by atoms with Crippen LogP contribution in [0.25, 0.3) is 5.00 Å². The third-order valence-corrected chi connectivity index (χ3v) is 5.65. The van der Waals surface area contributed by atoms with Gasteiger partial charge in [0, 0.05) is 30.4 Å². The van der Waals surface area contributed by atoms with Gasteiger partial charge in [-0.3, -0.25) is 4.79 Å². The Kier molecular flexibility index (Phi) is 2.91. The summed E-state index contributed by atoms with van der Waals surface area (Å²) in [7, 11) is 0. The van der Waals surface area contributed by atoms with Gasteiger partial charge < -0.3 is 9.47 Å². The van der Waals surface area contributed by atoms with Gasteiger partial charge >= 0.3 is 0 Å². The number of aromatic nitrogens is 1. The minimum absolute atomic E-state index is 0.249. The molecule has 3 nitrogen and oxygen atoms in total. The predicted molar refractivity (Wildman–Crippen MR) is 80.8 cm³/mol. The number of hydrogen-bond acceptors (Lipinski definition) is 2. The van der Waals surface area contributed by atoms with Crippen LogP contribution in [-0.4, -0.2) is 28.5 Å². The van der Waals surface area contributed by atoms with Crippen molar-refractivity contribution in [2.24, 2.45) is 0 Å². The first-order valence-corrected chi connectivity index (χ1v) is 8.23. The molecule has 0 bridgehead atoms. The normalized spacial score (nSPS) is 17.7. The third-order valence-electron chi connectivity index (χ3n) is 4.35. The van der Waals surface area contributed by atoms with Gasteiger partial charge in [-0.15, -0.1) is 11.3 Å². The van der Waals surface area contributed by atoms with E-state index in [1.54, 1.807) is 0 Å². The van der Waals surface area contributed by atoms with Crippen molar-refractivity contribution in [3.8, 4) is 5.00 Å². The molecular weight excluding hydrogens is 268 g/mol. The van der Waals surface area contributed by atoms with Gasteiger partial charge in [-0.05, 0) is 49.8 Å². The molecule has 4 heteroatoms. The molecule has 0 radical (unpaired) electrons. The van der Waals surface area contributed by atoms with E-state index in [2.05, 4.69) is 4.57 Å². The van der Waals surface area contributed by atoms with Crippen molar-refractivity contribution in [2.75, 3.05) is 13.1 Å². The second kappa shape index (κ2) is 4.77. The molecule has 2 aromatic heterocycles. The number of hydrogen-bond donors (Lipinski definition) is 0. The Morgan fingerprint density at radius 1 is 1.05 bits per heavy atom. The minimum atomic E-state index is 0.249. The van der Waals surface area contributed by atoms with Crippen LogP contribution >= 0.6 is 11.3 Å². The molecular formula is C16H18N2OS. The Hall–Kier alpha value is -1.55. The summed E-state index contributed by atoms with van der Waals surface area (Å²) in [6, 6.07) is 4.05. The lowest BCUT2D eigenvalue weighted by Crippen LogP contribution is -2.42. The summed E-state index contributed by atoms with van der Waals surface area (Å²) in [5, 5.41) is 1.12. The van der Waals surface area contributed by atoms with Gasteiger partial charge in [-0.25, -0.2) is 0 Å². The SMILES string of the molecule is O=C(c1c(-n2cccc2)sc2c1CCCC2)N1CCC1. The highest BCUT2D eigenvalue weighted by Crippen LogP contribution is 2.38. The summed E-state index contributed by atoms with van der Waals surface area (Å²) in [4.78, 5) is 16.2. The molecule has 4 rings (SSSR count). The number of carbonyl (C=O) groups is 1. The lowest BCUT2D eigenvalue weighted by atomic mass is 9.94. The number of carbonyl (C=O) groups excluding carboxylic acids is 1. The van der Waals surface area contributed by atoms with E-state index in [1.165, 1.54) is 23.3 Å². The largest absolute Gasteiger partial charge is 0.338 e. The molecule has 1 aliphatic carbocycles. The monoisotopic (exact) mass is 286 g/mol. The number of amides is 1. The minimum Gasteiger partial charge on any atom is -0.338 e. The van der Waals surface area contributed by atoms with Crippen molar-refractivity contribution in [3.05, 3.63) is 40.5 Å². The fourth-order valence-corrected chi connectivity index (χ4v) is 4.45. The van der Waals surface area contributed by atoms with Crippen molar-refractivity contribution < 1.29 is 4.79 Å². The maximum atomic E-state index is 12.8. The molecule has 1 amide bonds. The molecule has 0 spiro atoms. The van der Waals surface area contributed by atoms with Crippen LogP contribution < -0.4 is 0 Å². The van der Waals surface area contributed by atoms with E-state index >= 15 is 0 Å². The lowest BCUT2D eigenvalue weighted by Gasteiger charge is -2.31. The van der Waals surface area contributed by atoms with Crippen LogP contribution in [-0.2, 0) is 12.8 Å². The number of rotatable bonds is 2. The highest BCUT2D eigenvalue weighted by Gasteiger charge is 2.30. The quantitative estimate of drug-likeness (QED) is 0.832. The van der Waals surface area contributed by atoms with Gasteiger partial charge in [0.1, 0.15) is 5.00 Å². The second-order valence-electron chi connectivity index (χ2n) is 5.63. The molecule has 1 fully saturated rings. The maximum absolute atomic E-state index is 12.8. The molecule has 2 aliphatic rings. The molecule has 1 saturated heterocycles. The van der Waals surface area contributed by atoms with Gasteiger partial charge in [0.2, 0.25) is 0 Å². The van der Waals surface area contributed by atoms with Crippen molar-refractivity contribution >= 4 is 17.2 Å². The summed E-state index contributed by atoms with van der Waals surface area (Å²) >= 11 is 1.82. The van der Waals surface area contributed by atoms with Gasteiger partial charge in [-0.2, -0.15) is 0 Å². The van der Waals surface area contributed by atoms with Crippen LogP contribution in [0.2, 0.25) is 0 Å². The van der Waals surface area contributed by atoms with Crippen molar-refractivity contribution in [1.82, 2.24) is 9.47 Å². The Labute approximate surface area is 122 Å². The Morgan fingerprint density at radius 2 is 1.80 bits per heavy atom. The molecule has 0 N–H and O–H groups in total. The maximum Gasteiger partial charge on any atom is 0.257 e. The summed E-state index contributed by atoms with van der Waals surface area (Å²) in [5.74, 6) is 0.249. The number of thiophene rings is 1. The Balaban J connectivity index is 1.85. The van der Waals surface area contributed by atoms with E-state index in [0.717, 1.165) is 42.9 Å². The Morgan fingerprint density at radius 3 is 2.50 bits per heavy atom. The first kappa shape index (κ1) is 12.2. The van der Waals surface area contributed by atoms with Gasteiger partial charge in [-0.1, -0.05) is 0 Å². The van der Waals surface area contributed by atoms with E-state index in [1.807, 2.05) is 40.8 Å². The third kappa shape index (κ3) is 1.82. The first-order valence-electron chi connectivity index (χ1n) is 7.42. The fourth-order valence-electron chi connectivity index (χ4n) is 3.10. The summed E-state index contributed by atoms with van der Waals surface area (Å²) < 4.78 is 2.11. The van der Waals surface area contributed by atoms with Crippen LogP contribution in [0.3, 0.4) is 0 Å². The van der Waals surface area contributed by atoms with E-state index < -0.39 is 0 Å². The predicted octanol–water partition coefficient (Wildman–Crippen LogP) is 3.26. The van der Waals surface area contributed by atoms with Crippen LogP contribution in [0.5, 0.6) is 0 Å². The average molecular weight is 286 g/mol. The lowest BCUT2D eigenvalue weighted by molar-refractivity contribution is 0.0651. The smallest absolute Gasteiger partial charge is 0.257 e. The van der Waals surface area contributed by atoms with Crippen molar-refractivity contribution in [3.63, 3.8) is 0 Å². The standard InChI is InChI=1S/C16H18N2OS/c19-15(17-10-5-11-17)14-12-6-1-2-7-13(12)20-16(14)18-8-3-4-9-18/h3-4,8-9H,1-2,5-7,10-11H2. The van der Waals surface area contributed by atoms with Crippen molar-refractivity contribution in [1.29, 1.82) is 0 Å². The number of fused-ring (bicyclic) bond motifs is 1. The summed E-state index contributed by atoms with van der Waals surface area (Å²) in [6.07, 6.45) is 9.93. The van der Waals surface area contributed by atoms with Gasteiger partial charge in [0.15, 0.2) is 0 Å². The first-order chi connectivity index (χ1) is 9.84. The molecule has 3 heterocycles. The van der Waals surface area contributed by atoms with E-state index in [-0.39, 0.29) is 5.91 Å². The van der Waals surface area contributed by atoms with E-state index in [9.17, 15) is 4.79 Å². The van der Waals surface area contributed by atoms with Gasteiger partial charge in [0.25, 0.3) is 5.91 Å². The van der Waals surface area contributed by atoms with Gasteiger partial charge in [0.05, 0.1) is 5.56 Å². The zero-order valence-corrected chi connectivity index (χ0v) is 12.3. The molecule has 0 unspecified atom stereocenters. The zero-order valence-electron chi connectivity index (χ0n) is 11.5. The molecule has 104 valence electrons. The molecule has 20 heavy (non-hydrogen) atoms. The topological polar surface area (TPSA) is 25.2 Å². The van der Waals surface area contributed by atoms with Crippen molar-refractivity contribution in [2.45, 2.75) is 32.1 Å². The second-order valence-corrected chi connectivity index (χ2v) is 6.71. The highest BCUT2D eigenvalue weighted by atomic mass is 32.1. The average Bonchev–Trinajstić information content (AvgIpc) is 3.03. The summed E-state index contributed by atoms with van der Waals surface area (Å²) in [5.41, 5.74) is 2.32. The number of aryl methyl sites for hydroxylation is 1. The fraction of sp³-hybridized carbons (Fsp3) is 0.438. The Bertz CT molecular complexity index is 638. The molecule has 0 atom stereocenters.